The molecule has 2 unspecified atom stereocenters. The fourth-order valence-corrected chi connectivity index (χ4v) is 2.32. The molecule has 1 fully saturated rings. The highest BCUT2D eigenvalue weighted by atomic mass is 32.2. The van der Waals surface area contributed by atoms with Gasteiger partial charge in [0.05, 0.1) is 6.10 Å². The molecule has 0 spiro atoms. The Labute approximate surface area is 91.2 Å². The molecular formula is C11H21NOS. The molecule has 0 aliphatic heterocycles. The first-order chi connectivity index (χ1) is 6.59. The summed E-state index contributed by atoms with van der Waals surface area (Å²) in [6.07, 6.45) is 2.71. The minimum absolute atomic E-state index is 0.0586. The number of aliphatic hydroxyl groups excluding tert-OH is 1. The van der Waals surface area contributed by atoms with E-state index in [4.69, 9.17) is 0 Å². The van der Waals surface area contributed by atoms with Gasteiger partial charge in [-0.15, -0.1) is 6.58 Å². The predicted octanol–water partition coefficient (Wildman–Crippen LogP) is 1.65. The predicted molar refractivity (Wildman–Crippen MR) is 63.7 cm³/mol. The molecule has 1 aliphatic rings. The van der Waals surface area contributed by atoms with Gasteiger partial charge in [-0.3, -0.25) is 0 Å². The van der Waals surface area contributed by atoms with Crippen LogP contribution >= 0.6 is 11.8 Å². The average Bonchev–Trinajstić information content (AvgIpc) is 2.16. The maximum atomic E-state index is 9.53. The summed E-state index contributed by atoms with van der Waals surface area (Å²) < 4.78 is 0. The topological polar surface area (TPSA) is 32.3 Å². The van der Waals surface area contributed by atoms with E-state index in [9.17, 15) is 5.11 Å². The average molecular weight is 215 g/mol. The van der Waals surface area contributed by atoms with Crippen LogP contribution in [-0.2, 0) is 0 Å². The Morgan fingerprint density at radius 1 is 1.64 bits per heavy atom. The van der Waals surface area contributed by atoms with Crippen molar-refractivity contribution in [1.29, 1.82) is 0 Å². The minimum atomic E-state index is -0.124. The molecule has 1 saturated carbocycles. The Balaban J connectivity index is 2.06. The second-order valence-electron chi connectivity index (χ2n) is 4.44. The molecule has 0 aromatic heterocycles. The van der Waals surface area contributed by atoms with Crippen LogP contribution in [0.2, 0.25) is 0 Å². The van der Waals surface area contributed by atoms with Gasteiger partial charge in [0.15, 0.2) is 0 Å². The van der Waals surface area contributed by atoms with Gasteiger partial charge in [0.25, 0.3) is 0 Å². The van der Waals surface area contributed by atoms with Crippen molar-refractivity contribution < 1.29 is 5.11 Å². The van der Waals surface area contributed by atoms with Crippen LogP contribution in [0, 0.1) is 5.41 Å². The van der Waals surface area contributed by atoms with E-state index < -0.39 is 0 Å². The molecule has 0 heterocycles. The normalized spacial score (nSPS) is 29.6. The first-order valence-corrected chi connectivity index (χ1v) is 6.34. The molecule has 1 rings (SSSR count). The minimum Gasteiger partial charge on any atom is -0.392 e. The SMILES string of the molecule is C=CCSCCNC1CC(O)C1(C)C. The second kappa shape index (κ2) is 5.19. The molecule has 0 amide bonds. The number of aliphatic hydroxyl groups is 1. The lowest BCUT2D eigenvalue weighted by atomic mass is 9.64. The van der Waals surface area contributed by atoms with Gasteiger partial charge < -0.3 is 10.4 Å². The van der Waals surface area contributed by atoms with E-state index >= 15 is 0 Å². The van der Waals surface area contributed by atoms with Crippen molar-refractivity contribution >= 4 is 11.8 Å². The van der Waals surface area contributed by atoms with Crippen LogP contribution in [0.4, 0.5) is 0 Å². The molecule has 0 bridgehead atoms. The van der Waals surface area contributed by atoms with Crippen molar-refractivity contribution in [2.45, 2.75) is 32.4 Å². The van der Waals surface area contributed by atoms with E-state index in [1.807, 2.05) is 17.8 Å². The van der Waals surface area contributed by atoms with E-state index in [1.165, 1.54) is 0 Å². The molecule has 82 valence electrons. The van der Waals surface area contributed by atoms with Crippen molar-refractivity contribution in [3.63, 3.8) is 0 Å². The van der Waals surface area contributed by atoms with Crippen LogP contribution < -0.4 is 5.32 Å². The zero-order valence-electron chi connectivity index (χ0n) is 9.12. The highest BCUT2D eigenvalue weighted by Gasteiger charge is 2.46. The van der Waals surface area contributed by atoms with Gasteiger partial charge in [-0.05, 0) is 6.42 Å². The summed E-state index contributed by atoms with van der Waals surface area (Å²) in [5.41, 5.74) is 0.0586. The molecule has 3 heteroatoms. The summed E-state index contributed by atoms with van der Waals surface area (Å²) in [6, 6.07) is 0.488. The Morgan fingerprint density at radius 3 is 2.86 bits per heavy atom. The molecule has 0 aromatic rings. The third kappa shape index (κ3) is 2.75. The van der Waals surface area contributed by atoms with Crippen LogP contribution in [-0.4, -0.2) is 35.3 Å². The second-order valence-corrected chi connectivity index (χ2v) is 5.59. The summed E-state index contributed by atoms with van der Waals surface area (Å²) in [6.45, 7) is 8.95. The van der Waals surface area contributed by atoms with Gasteiger partial charge in [-0.2, -0.15) is 11.8 Å². The Morgan fingerprint density at radius 2 is 2.36 bits per heavy atom. The number of thioether (sulfide) groups is 1. The van der Waals surface area contributed by atoms with Crippen LogP contribution in [0.1, 0.15) is 20.3 Å². The summed E-state index contributed by atoms with van der Waals surface area (Å²) in [4.78, 5) is 0. The van der Waals surface area contributed by atoms with Gasteiger partial charge in [-0.1, -0.05) is 19.9 Å². The first-order valence-electron chi connectivity index (χ1n) is 5.19. The third-order valence-electron chi connectivity index (χ3n) is 3.09. The largest absolute Gasteiger partial charge is 0.392 e. The summed E-state index contributed by atoms with van der Waals surface area (Å²) >= 11 is 1.89. The van der Waals surface area contributed by atoms with Crippen molar-refractivity contribution in [1.82, 2.24) is 5.32 Å². The quantitative estimate of drug-likeness (QED) is 0.522. The van der Waals surface area contributed by atoms with Gasteiger partial charge in [0.1, 0.15) is 0 Å². The lowest BCUT2D eigenvalue weighted by Gasteiger charge is -2.49. The van der Waals surface area contributed by atoms with E-state index in [0.717, 1.165) is 24.5 Å². The first kappa shape index (κ1) is 12.1. The number of hydrogen-bond donors (Lipinski definition) is 2. The molecule has 1 aliphatic carbocycles. The van der Waals surface area contributed by atoms with Gasteiger partial charge in [0, 0.05) is 29.5 Å². The Bertz CT molecular complexity index is 194. The lowest BCUT2D eigenvalue weighted by Crippen LogP contribution is -2.60. The smallest absolute Gasteiger partial charge is 0.0621 e. The molecule has 0 radical (unpaired) electrons. The van der Waals surface area contributed by atoms with Crippen LogP contribution in [0.5, 0.6) is 0 Å². The van der Waals surface area contributed by atoms with E-state index in [-0.39, 0.29) is 11.5 Å². The van der Waals surface area contributed by atoms with Crippen molar-refractivity contribution in [3.05, 3.63) is 12.7 Å². The maximum Gasteiger partial charge on any atom is 0.0621 e. The fraction of sp³-hybridized carbons (Fsp3) is 0.818. The molecular weight excluding hydrogens is 194 g/mol. The standard InChI is InChI=1S/C11H21NOS/c1-4-6-14-7-5-12-9-8-10(13)11(9,2)3/h4,9-10,12-13H,1,5-8H2,2-3H3. The van der Waals surface area contributed by atoms with Crippen LogP contribution in [0.25, 0.3) is 0 Å². The van der Waals surface area contributed by atoms with Crippen LogP contribution in [0.15, 0.2) is 12.7 Å². The lowest BCUT2D eigenvalue weighted by molar-refractivity contribution is -0.0716. The van der Waals surface area contributed by atoms with Gasteiger partial charge >= 0.3 is 0 Å². The third-order valence-corrected chi connectivity index (χ3v) is 4.05. The molecule has 0 aromatic carbocycles. The van der Waals surface area contributed by atoms with Crippen molar-refractivity contribution in [2.24, 2.45) is 5.41 Å². The number of nitrogens with one attached hydrogen (secondary N) is 1. The molecule has 2 nitrogen and oxygen atoms in total. The highest BCUT2D eigenvalue weighted by molar-refractivity contribution is 7.99. The fourth-order valence-electron chi connectivity index (χ4n) is 1.72. The van der Waals surface area contributed by atoms with Crippen molar-refractivity contribution in [3.8, 4) is 0 Å². The maximum absolute atomic E-state index is 9.53. The number of hydrogen-bond acceptors (Lipinski definition) is 3. The number of rotatable bonds is 6. The summed E-state index contributed by atoms with van der Waals surface area (Å²) in [5, 5.41) is 13.0. The van der Waals surface area contributed by atoms with Crippen LogP contribution in [0.3, 0.4) is 0 Å². The Kier molecular flexibility index (Phi) is 4.48. The summed E-state index contributed by atoms with van der Waals surface area (Å²) in [5.74, 6) is 2.15. The molecule has 0 saturated heterocycles. The van der Waals surface area contributed by atoms with Crippen molar-refractivity contribution in [2.75, 3.05) is 18.1 Å². The zero-order valence-corrected chi connectivity index (χ0v) is 9.94. The Hall–Kier alpha value is 0.01000. The van der Waals surface area contributed by atoms with Gasteiger partial charge in [0.2, 0.25) is 0 Å². The van der Waals surface area contributed by atoms with Gasteiger partial charge in [-0.25, -0.2) is 0 Å². The van der Waals surface area contributed by atoms with E-state index in [1.54, 1.807) is 0 Å². The van der Waals surface area contributed by atoms with E-state index in [0.29, 0.717) is 6.04 Å². The summed E-state index contributed by atoms with van der Waals surface area (Å²) in [7, 11) is 0. The molecule has 2 N–H and O–H groups in total. The highest BCUT2D eigenvalue weighted by Crippen LogP contribution is 2.40. The molecule has 2 atom stereocenters. The zero-order chi connectivity index (χ0) is 10.6. The monoisotopic (exact) mass is 215 g/mol. The van der Waals surface area contributed by atoms with E-state index in [2.05, 4.69) is 25.7 Å². The molecule has 14 heavy (non-hydrogen) atoms.